The summed E-state index contributed by atoms with van der Waals surface area (Å²) in [7, 11) is 0. The lowest BCUT2D eigenvalue weighted by Gasteiger charge is -2.12. The number of hydrogen-bond donors (Lipinski definition) is 1. The number of carbonyl (C=O) groups excluding carboxylic acids is 2. The topological polar surface area (TPSA) is 92.3 Å². The van der Waals surface area contributed by atoms with Gasteiger partial charge >= 0.3 is 5.97 Å². The van der Waals surface area contributed by atoms with E-state index in [9.17, 15) is 9.59 Å². The Balaban J connectivity index is 1.64. The van der Waals surface area contributed by atoms with Gasteiger partial charge in [-0.15, -0.1) is 11.3 Å². The van der Waals surface area contributed by atoms with Crippen molar-refractivity contribution in [2.45, 2.75) is 33.3 Å². The molecule has 0 aliphatic heterocycles. The van der Waals surface area contributed by atoms with E-state index in [1.807, 2.05) is 32.0 Å². The lowest BCUT2D eigenvalue weighted by Crippen LogP contribution is -2.30. The minimum Gasteiger partial charge on any atom is -0.464 e. The van der Waals surface area contributed by atoms with Crippen molar-refractivity contribution in [3.8, 4) is 6.07 Å². The second kappa shape index (κ2) is 7.64. The molecule has 138 valence electrons. The molecular weight excluding hydrogens is 364 g/mol. The van der Waals surface area contributed by atoms with Crippen LogP contribution in [0.15, 0.2) is 34.3 Å². The highest BCUT2D eigenvalue weighted by Gasteiger charge is 2.21. The van der Waals surface area contributed by atoms with E-state index >= 15 is 0 Å². The number of aryl methyl sites for hydroxylation is 2. The van der Waals surface area contributed by atoms with Gasteiger partial charge in [-0.25, -0.2) is 0 Å². The van der Waals surface area contributed by atoms with Crippen molar-refractivity contribution in [2.75, 3.05) is 5.32 Å². The van der Waals surface area contributed by atoms with Crippen molar-refractivity contribution in [2.24, 2.45) is 0 Å². The first-order valence-corrected chi connectivity index (χ1v) is 9.22. The lowest BCUT2D eigenvalue weighted by atomic mass is 10.0. The lowest BCUT2D eigenvalue weighted by molar-refractivity contribution is -0.152. The number of rotatable bonds is 5. The van der Waals surface area contributed by atoms with Crippen molar-refractivity contribution in [1.29, 1.82) is 5.26 Å². The van der Waals surface area contributed by atoms with Crippen LogP contribution in [0.4, 0.5) is 5.00 Å². The fourth-order valence-corrected chi connectivity index (χ4v) is 3.37. The maximum absolute atomic E-state index is 12.3. The third-order valence-corrected chi connectivity index (χ3v) is 5.13. The van der Waals surface area contributed by atoms with Crippen LogP contribution >= 0.6 is 11.3 Å². The number of fused-ring (bicyclic) bond motifs is 1. The van der Waals surface area contributed by atoms with E-state index < -0.39 is 18.0 Å². The van der Waals surface area contributed by atoms with Crippen LogP contribution < -0.4 is 5.32 Å². The molecule has 7 heteroatoms. The van der Waals surface area contributed by atoms with E-state index in [2.05, 4.69) is 5.32 Å². The molecule has 2 aromatic heterocycles. The van der Waals surface area contributed by atoms with Gasteiger partial charge in [-0.2, -0.15) is 5.26 Å². The summed E-state index contributed by atoms with van der Waals surface area (Å²) in [5, 5.41) is 14.6. The molecule has 1 amide bonds. The Morgan fingerprint density at radius 2 is 2.07 bits per heavy atom. The van der Waals surface area contributed by atoms with Crippen molar-refractivity contribution in [3.63, 3.8) is 0 Å². The van der Waals surface area contributed by atoms with Crippen LogP contribution in [-0.2, 0) is 20.7 Å². The molecule has 6 nitrogen and oxygen atoms in total. The maximum Gasteiger partial charge on any atom is 0.311 e. The van der Waals surface area contributed by atoms with E-state index in [0.29, 0.717) is 16.1 Å². The third-order valence-electron chi connectivity index (χ3n) is 4.30. The van der Waals surface area contributed by atoms with Crippen LogP contribution in [0.1, 0.15) is 29.2 Å². The van der Waals surface area contributed by atoms with Crippen molar-refractivity contribution in [1.82, 2.24) is 0 Å². The van der Waals surface area contributed by atoms with Gasteiger partial charge in [0.2, 0.25) is 0 Å². The summed E-state index contributed by atoms with van der Waals surface area (Å²) in [5.74, 6) is -1.00. The van der Waals surface area contributed by atoms with Gasteiger partial charge in [0.1, 0.15) is 16.7 Å². The minimum absolute atomic E-state index is 0.00949. The van der Waals surface area contributed by atoms with E-state index in [4.69, 9.17) is 14.4 Å². The number of hydrogen-bond acceptors (Lipinski definition) is 6. The summed E-state index contributed by atoms with van der Waals surface area (Å²) in [4.78, 5) is 24.5. The van der Waals surface area contributed by atoms with Crippen LogP contribution in [0.5, 0.6) is 0 Å². The zero-order valence-corrected chi connectivity index (χ0v) is 16.0. The Kier molecular flexibility index (Phi) is 5.28. The second-order valence-corrected chi connectivity index (χ2v) is 7.18. The molecule has 0 spiro atoms. The summed E-state index contributed by atoms with van der Waals surface area (Å²) in [6, 6.07) is 7.52. The minimum atomic E-state index is -0.978. The van der Waals surface area contributed by atoms with E-state index in [1.165, 1.54) is 18.3 Å². The molecule has 3 rings (SSSR count). The average molecular weight is 382 g/mol. The zero-order chi connectivity index (χ0) is 19.6. The predicted octanol–water partition coefficient (Wildman–Crippen LogP) is 4.10. The molecule has 0 unspecified atom stereocenters. The number of esters is 1. The summed E-state index contributed by atoms with van der Waals surface area (Å²) in [6.45, 7) is 5.49. The number of nitriles is 1. The highest BCUT2D eigenvalue weighted by Crippen LogP contribution is 2.26. The monoisotopic (exact) mass is 382 g/mol. The summed E-state index contributed by atoms with van der Waals surface area (Å²) >= 11 is 1.24. The number of amides is 1. The Morgan fingerprint density at radius 1 is 1.33 bits per heavy atom. The Hall–Kier alpha value is -3.11. The zero-order valence-electron chi connectivity index (χ0n) is 15.2. The average Bonchev–Trinajstić information content (AvgIpc) is 3.22. The molecule has 0 radical (unpaired) electrons. The van der Waals surface area contributed by atoms with E-state index in [-0.39, 0.29) is 6.42 Å². The number of thiophene rings is 1. The van der Waals surface area contributed by atoms with Crippen LogP contribution in [0, 0.1) is 25.2 Å². The normalized spacial score (nSPS) is 11.8. The number of furan rings is 1. The SMILES string of the molecule is Cc1cc2occ(CC(=O)O[C@@H](C)C(=O)Nc3sccc3C#N)c2cc1C. The molecule has 0 aliphatic carbocycles. The number of nitrogens with zero attached hydrogens (tertiary/aromatic N) is 1. The van der Waals surface area contributed by atoms with Gasteiger partial charge in [0.25, 0.3) is 5.91 Å². The van der Waals surface area contributed by atoms with Crippen molar-refractivity contribution < 1.29 is 18.7 Å². The van der Waals surface area contributed by atoms with Gasteiger partial charge in [-0.05, 0) is 55.5 Å². The van der Waals surface area contributed by atoms with Crippen molar-refractivity contribution in [3.05, 3.63) is 52.1 Å². The fraction of sp³-hybridized carbons (Fsp3) is 0.250. The van der Waals surface area contributed by atoms with Gasteiger partial charge < -0.3 is 14.5 Å². The molecule has 0 aliphatic rings. The van der Waals surface area contributed by atoms with Gasteiger partial charge in [0.15, 0.2) is 6.10 Å². The van der Waals surface area contributed by atoms with Crippen LogP contribution in [0.2, 0.25) is 0 Å². The molecule has 27 heavy (non-hydrogen) atoms. The molecule has 1 atom stereocenters. The fourth-order valence-electron chi connectivity index (χ4n) is 2.63. The number of ether oxygens (including phenoxy) is 1. The Morgan fingerprint density at radius 3 is 2.81 bits per heavy atom. The first-order valence-electron chi connectivity index (χ1n) is 8.34. The highest BCUT2D eigenvalue weighted by molar-refractivity contribution is 7.14. The molecule has 0 fully saturated rings. The van der Waals surface area contributed by atoms with Gasteiger partial charge in [0, 0.05) is 10.9 Å². The Bertz CT molecular complexity index is 1060. The van der Waals surface area contributed by atoms with Crippen LogP contribution in [-0.4, -0.2) is 18.0 Å². The molecule has 2 heterocycles. The highest BCUT2D eigenvalue weighted by atomic mass is 32.1. The number of nitrogens with one attached hydrogen (secondary N) is 1. The molecule has 0 saturated carbocycles. The predicted molar refractivity (Wildman–Crippen MR) is 103 cm³/mol. The first kappa shape index (κ1) is 18.7. The van der Waals surface area contributed by atoms with E-state index in [0.717, 1.165) is 22.1 Å². The van der Waals surface area contributed by atoms with Gasteiger partial charge in [0.05, 0.1) is 18.2 Å². The van der Waals surface area contributed by atoms with Gasteiger partial charge in [-0.1, -0.05) is 0 Å². The number of anilines is 1. The van der Waals surface area contributed by atoms with Crippen LogP contribution in [0.3, 0.4) is 0 Å². The summed E-state index contributed by atoms with van der Waals surface area (Å²) < 4.78 is 10.8. The van der Waals surface area contributed by atoms with Crippen LogP contribution in [0.25, 0.3) is 11.0 Å². The second-order valence-electron chi connectivity index (χ2n) is 6.27. The van der Waals surface area contributed by atoms with Crippen molar-refractivity contribution >= 4 is 39.2 Å². The van der Waals surface area contributed by atoms with Gasteiger partial charge in [-0.3, -0.25) is 9.59 Å². The number of carbonyl (C=O) groups is 2. The quantitative estimate of drug-likeness (QED) is 0.671. The largest absolute Gasteiger partial charge is 0.464 e. The summed E-state index contributed by atoms with van der Waals surface area (Å²) in [6.07, 6.45) is 0.573. The smallest absolute Gasteiger partial charge is 0.311 e. The molecule has 3 aromatic rings. The molecular formula is C20H18N2O4S. The third kappa shape index (κ3) is 4.01. The number of benzene rings is 1. The molecule has 1 N–H and O–H groups in total. The molecule has 0 saturated heterocycles. The summed E-state index contributed by atoms with van der Waals surface area (Å²) in [5.41, 5.74) is 4.03. The van der Waals surface area contributed by atoms with E-state index in [1.54, 1.807) is 17.7 Å². The standard InChI is InChI=1S/C20H18N2O4S/c1-11-6-16-15(10-25-17(16)7-12(11)2)8-18(23)26-13(3)19(24)22-20-14(9-21)4-5-27-20/h4-7,10,13H,8H2,1-3H3,(H,22,24)/t13-/m0/s1. The molecule has 1 aromatic carbocycles. The Labute approximate surface area is 160 Å². The first-order chi connectivity index (χ1) is 12.9. The molecule has 0 bridgehead atoms. The maximum atomic E-state index is 12.3.